The van der Waals surface area contributed by atoms with Crippen LogP contribution in [-0.2, 0) is 5.41 Å². The summed E-state index contributed by atoms with van der Waals surface area (Å²) in [5.74, 6) is 7.08. The second-order valence-corrected chi connectivity index (χ2v) is 24.1. The van der Waals surface area contributed by atoms with Gasteiger partial charge in [0.15, 0.2) is 0 Å². The second-order valence-electron chi connectivity index (χ2n) is 24.1. The number of nitrogens with one attached hydrogen (secondary N) is 1. The molecule has 0 fully saturated rings. The number of rotatable bonds is 7. The Kier molecular flexibility index (Phi) is 13.6. The van der Waals surface area contributed by atoms with Gasteiger partial charge in [0.25, 0.3) is 0 Å². The van der Waals surface area contributed by atoms with Crippen LogP contribution in [0.2, 0.25) is 0 Å². The van der Waals surface area contributed by atoms with Crippen LogP contribution in [0.25, 0.3) is 110 Å². The average Bonchev–Trinajstić information content (AvgIpc) is 1.37. The van der Waals surface area contributed by atoms with Crippen LogP contribution >= 0.6 is 0 Å². The molecule has 0 radical (unpaired) electrons. The van der Waals surface area contributed by atoms with Crippen LogP contribution in [0.1, 0.15) is 29.2 Å². The summed E-state index contributed by atoms with van der Waals surface area (Å²) in [6.07, 6.45) is 4.72. The van der Waals surface area contributed by atoms with E-state index in [2.05, 4.69) is 371 Å². The summed E-state index contributed by atoms with van der Waals surface area (Å²) in [7, 11) is 0. The first-order chi connectivity index (χ1) is 46.6. The molecular formula is C90H60N4. The van der Waals surface area contributed by atoms with E-state index in [0.29, 0.717) is 0 Å². The normalized spacial score (nSPS) is 12.1. The molecule has 1 N–H and O–H groups in total. The van der Waals surface area contributed by atoms with E-state index >= 15 is 0 Å². The molecule has 0 saturated heterocycles. The summed E-state index contributed by atoms with van der Waals surface area (Å²) in [4.78, 5) is 2.52. The first-order valence-electron chi connectivity index (χ1n) is 32.0. The van der Waals surface area contributed by atoms with Gasteiger partial charge in [-0.25, -0.2) is 0 Å². The molecule has 19 rings (SSSR count). The van der Waals surface area contributed by atoms with Gasteiger partial charge in [0.05, 0.1) is 38.9 Å². The first-order valence-corrected chi connectivity index (χ1v) is 32.0. The topological polar surface area (TPSA) is 25.1 Å². The summed E-state index contributed by atoms with van der Waals surface area (Å²) in [5.41, 5.74) is 22.8. The Hall–Kier alpha value is -12.6. The minimum atomic E-state index is -0.464. The monoisotopic (exact) mass is 1200 g/mol. The fraction of sp³-hybridized carbons (Fsp3) is 0.0222. The molecule has 4 nitrogen and oxygen atoms in total. The Bertz CT molecular complexity index is 5890. The van der Waals surface area contributed by atoms with Crippen LogP contribution in [0.5, 0.6) is 0 Å². The number of para-hydroxylation sites is 4. The number of aromatic nitrogens is 2. The molecule has 0 unspecified atom stereocenters. The van der Waals surface area contributed by atoms with Crippen LogP contribution in [0.3, 0.4) is 0 Å². The molecule has 0 aliphatic heterocycles. The summed E-state index contributed by atoms with van der Waals surface area (Å²) < 4.78 is 4.77. The zero-order valence-corrected chi connectivity index (χ0v) is 51.7. The number of hydrogen-bond acceptors (Lipinski definition) is 2. The molecule has 2 aliphatic carbocycles. The van der Waals surface area contributed by atoms with Gasteiger partial charge < -0.3 is 19.4 Å². The number of nitrogens with zero attached hydrogens (tertiary/aromatic N) is 3. The SMILES string of the molecule is C#CC#CC.c1ccc(-n2c3ccccc3c3ccc(N(c4cccc5ccccc45)c4ccc5c6c(cccc46)C4(c6ccccc6-c6ccccc64)c4ccccc4-5)cc32)cc1.c1ccc(-n2c3ccccc3c3ccc(Nc4cccc5ccccc45)cc32)cc1. The summed E-state index contributed by atoms with van der Waals surface area (Å²) in [6.45, 7) is 1.71. The van der Waals surface area contributed by atoms with Crippen molar-refractivity contribution in [3.63, 3.8) is 0 Å². The van der Waals surface area contributed by atoms with Gasteiger partial charge in [-0.05, 0) is 158 Å². The third kappa shape index (κ3) is 8.81. The van der Waals surface area contributed by atoms with E-state index in [4.69, 9.17) is 6.42 Å². The average molecular weight is 1200 g/mol. The van der Waals surface area contributed by atoms with E-state index in [9.17, 15) is 0 Å². The van der Waals surface area contributed by atoms with E-state index in [1.54, 1.807) is 6.92 Å². The van der Waals surface area contributed by atoms with Crippen LogP contribution in [-0.4, -0.2) is 9.13 Å². The Morgan fingerprint density at radius 1 is 0.340 bits per heavy atom. The Labute approximate surface area is 546 Å². The second kappa shape index (κ2) is 23.0. The van der Waals surface area contributed by atoms with E-state index in [1.807, 2.05) is 0 Å². The quantitative estimate of drug-likeness (QED) is 0.161. The molecule has 2 aromatic heterocycles. The van der Waals surface area contributed by atoms with Crippen LogP contribution < -0.4 is 10.2 Å². The van der Waals surface area contributed by atoms with Crippen molar-refractivity contribution in [1.82, 2.24) is 9.13 Å². The highest BCUT2D eigenvalue weighted by Gasteiger charge is 2.50. The molecule has 94 heavy (non-hydrogen) atoms. The predicted molar refractivity (Wildman–Crippen MR) is 397 cm³/mol. The number of anilines is 5. The lowest BCUT2D eigenvalue weighted by molar-refractivity contribution is 0.773. The van der Waals surface area contributed by atoms with E-state index in [0.717, 1.165) is 34.1 Å². The van der Waals surface area contributed by atoms with Gasteiger partial charge in [0.2, 0.25) is 0 Å². The van der Waals surface area contributed by atoms with E-state index in [-0.39, 0.29) is 0 Å². The van der Waals surface area contributed by atoms with Gasteiger partial charge in [0.1, 0.15) is 0 Å². The van der Waals surface area contributed by atoms with Gasteiger partial charge in [-0.15, -0.1) is 6.42 Å². The molecule has 1 spiro atoms. The van der Waals surface area contributed by atoms with Crippen molar-refractivity contribution < 1.29 is 0 Å². The first kappa shape index (κ1) is 55.5. The number of hydrogen-bond donors (Lipinski definition) is 1. The zero-order chi connectivity index (χ0) is 62.7. The third-order valence-corrected chi connectivity index (χ3v) is 19.1. The number of terminal acetylenes is 1. The van der Waals surface area contributed by atoms with Crippen molar-refractivity contribution in [2.24, 2.45) is 0 Å². The molecule has 2 heterocycles. The molecular weight excluding hydrogens is 1140 g/mol. The van der Waals surface area contributed by atoms with Gasteiger partial charge in [0, 0.05) is 66.1 Å². The van der Waals surface area contributed by atoms with Crippen molar-refractivity contribution in [3.8, 4) is 57.8 Å². The van der Waals surface area contributed by atoms with Gasteiger partial charge in [-0.1, -0.05) is 261 Å². The molecule has 0 bridgehead atoms. The lowest BCUT2D eigenvalue weighted by Crippen LogP contribution is -2.31. The fourth-order valence-corrected chi connectivity index (χ4v) is 15.4. The molecule has 0 saturated carbocycles. The minimum absolute atomic E-state index is 0.464. The maximum absolute atomic E-state index is 4.72. The molecule has 15 aromatic carbocycles. The Morgan fingerprint density at radius 3 is 1.39 bits per heavy atom. The van der Waals surface area contributed by atoms with Crippen LogP contribution in [0.15, 0.2) is 334 Å². The van der Waals surface area contributed by atoms with Crippen molar-refractivity contribution in [3.05, 3.63) is 356 Å². The van der Waals surface area contributed by atoms with Gasteiger partial charge >= 0.3 is 0 Å². The van der Waals surface area contributed by atoms with E-state index < -0.39 is 5.41 Å². The number of fused-ring (bicyclic) bond motifs is 17. The van der Waals surface area contributed by atoms with Crippen molar-refractivity contribution in [1.29, 1.82) is 0 Å². The summed E-state index contributed by atoms with van der Waals surface area (Å²) >= 11 is 0. The molecule has 2 aliphatic rings. The lowest BCUT2D eigenvalue weighted by atomic mass is 9.61. The number of benzene rings is 15. The van der Waals surface area contributed by atoms with Crippen molar-refractivity contribution in [2.45, 2.75) is 12.3 Å². The maximum atomic E-state index is 4.72. The molecule has 440 valence electrons. The highest BCUT2D eigenvalue weighted by molar-refractivity contribution is 6.16. The molecule has 4 heteroatoms. The van der Waals surface area contributed by atoms with Crippen molar-refractivity contribution in [2.75, 3.05) is 10.2 Å². The van der Waals surface area contributed by atoms with Gasteiger partial charge in [-0.2, -0.15) is 0 Å². The fourth-order valence-electron chi connectivity index (χ4n) is 15.4. The molecule has 17 aromatic rings. The summed E-state index contributed by atoms with van der Waals surface area (Å²) in [5, 5.41) is 16.1. The van der Waals surface area contributed by atoms with Crippen LogP contribution in [0.4, 0.5) is 28.4 Å². The Morgan fingerprint density at radius 2 is 0.787 bits per heavy atom. The molecule has 0 amide bonds. The Balaban J connectivity index is 0.000000160. The largest absolute Gasteiger partial charge is 0.355 e. The standard InChI is InChI=1S/C57H36N2.C28H20N2.C5H4/c1-2-18-38(19-3-1)58-53-30-13-9-24-44(53)45-33-32-39(36-55(45)58)59(52-31-14-17-37-16-4-5-20-40(37)52)54-35-34-46-43-23-8-12-28-50(43)57(51-29-15-25-47(54)56(46)51)48-26-10-6-21-41(48)42-22-7-11-27-49(42)57;1-2-11-22(12-3-1)30-27-16-7-6-14-24(27)25-18-17-21(19-28(25)30)29-26-15-8-10-20-9-4-5-13-23(20)26;1-3-5-4-2/h1-36H;1-19,29H;1H,2H3. The zero-order valence-electron chi connectivity index (χ0n) is 51.7. The van der Waals surface area contributed by atoms with E-state index in [1.165, 1.54) is 126 Å². The smallest absolute Gasteiger partial charge is 0.0725 e. The van der Waals surface area contributed by atoms with Gasteiger partial charge in [-0.3, -0.25) is 0 Å². The van der Waals surface area contributed by atoms with Crippen LogP contribution in [0, 0.1) is 24.2 Å². The minimum Gasteiger partial charge on any atom is -0.355 e. The maximum Gasteiger partial charge on any atom is 0.0725 e. The molecule has 0 atom stereocenters. The predicted octanol–water partition coefficient (Wildman–Crippen LogP) is 23.2. The highest BCUT2D eigenvalue weighted by Crippen LogP contribution is 2.62. The van der Waals surface area contributed by atoms with Crippen molar-refractivity contribution >= 4 is 104 Å². The third-order valence-electron chi connectivity index (χ3n) is 19.1. The summed E-state index contributed by atoms with van der Waals surface area (Å²) in [6, 6.07) is 122. The highest BCUT2D eigenvalue weighted by atomic mass is 15.1. The lowest BCUT2D eigenvalue weighted by Gasteiger charge is -2.40.